The second kappa shape index (κ2) is 6.45. The lowest BCUT2D eigenvalue weighted by molar-refractivity contribution is 0.272. The lowest BCUT2D eigenvalue weighted by Gasteiger charge is -2.23. The molecule has 2 aromatic rings. The van der Waals surface area contributed by atoms with Crippen molar-refractivity contribution in [1.82, 2.24) is 19.3 Å². The lowest BCUT2D eigenvalue weighted by Crippen LogP contribution is -2.28. The fourth-order valence-electron chi connectivity index (χ4n) is 2.21. The van der Waals surface area contributed by atoms with E-state index in [-0.39, 0.29) is 6.04 Å². The number of rotatable bonds is 6. The van der Waals surface area contributed by atoms with Gasteiger partial charge < -0.3 is 0 Å². The van der Waals surface area contributed by atoms with Crippen LogP contribution in [-0.2, 0) is 10.8 Å². The van der Waals surface area contributed by atoms with Crippen LogP contribution in [0.5, 0.6) is 0 Å². The van der Waals surface area contributed by atoms with Gasteiger partial charge in [-0.2, -0.15) is 0 Å². The second-order valence-corrected chi connectivity index (χ2v) is 6.83. The number of imidazole rings is 1. The molecule has 0 N–H and O–H groups in total. The molecule has 0 saturated heterocycles. The third-order valence-corrected chi connectivity index (χ3v) is 5.01. The van der Waals surface area contributed by atoms with Crippen molar-refractivity contribution < 1.29 is 4.21 Å². The van der Waals surface area contributed by atoms with Crippen molar-refractivity contribution in [1.29, 1.82) is 0 Å². The molecular formula is C14H22N4OS. The summed E-state index contributed by atoms with van der Waals surface area (Å²) < 4.78 is 13.5. The monoisotopic (exact) mass is 294 g/mol. The van der Waals surface area contributed by atoms with Gasteiger partial charge in [0.25, 0.3) is 0 Å². The first-order valence-corrected chi connectivity index (χ1v) is 8.38. The van der Waals surface area contributed by atoms with Gasteiger partial charge in [-0.1, -0.05) is 6.92 Å². The molecule has 0 aromatic carbocycles. The molecule has 0 saturated carbocycles. The smallest absolute Gasteiger partial charge is 0.234 e. The summed E-state index contributed by atoms with van der Waals surface area (Å²) in [6.07, 6.45) is 3.73. The minimum atomic E-state index is -0.720. The minimum Gasteiger partial charge on any atom is -0.297 e. The SMILES string of the molecule is CCS(=O)CCN(C)C(C)c1nc2ncccn2c1C. The molecular weight excluding hydrogens is 272 g/mol. The summed E-state index contributed by atoms with van der Waals surface area (Å²) in [4.78, 5) is 11.1. The van der Waals surface area contributed by atoms with Crippen LogP contribution < -0.4 is 0 Å². The van der Waals surface area contributed by atoms with Gasteiger partial charge in [-0.3, -0.25) is 13.5 Å². The Morgan fingerprint density at radius 3 is 2.90 bits per heavy atom. The van der Waals surface area contributed by atoms with E-state index in [1.807, 2.05) is 23.6 Å². The average Bonchev–Trinajstić information content (AvgIpc) is 2.81. The van der Waals surface area contributed by atoms with Crippen LogP contribution in [0.1, 0.15) is 31.3 Å². The molecule has 20 heavy (non-hydrogen) atoms. The fraction of sp³-hybridized carbons (Fsp3) is 0.571. The van der Waals surface area contributed by atoms with Crippen molar-refractivity contribution in [3.05, 3.63) is 29.8 Å². The minimum absolute atomic E-state index is 0.186. The van der Waals surface area contributed by atoms with Crippen molar-refractivity contribution in [2.45, 2.75) is 26.8 Å². The highest BCUT2D eigenvalue weighted by atomic mass is 32.2. The zero-order chi connectivity index (χ0) is 14.7. The zero-order valence-corrected chi connectivity index (χ0v) is 13.4. The topological polar surface area (TPSA) is 50.5 Å². The molecule has 0 aliphatic carbocycles. The number of fused-ring (bicyclic) bond motifs is 1. The summed E-state index contributed by atoms with van der Waals surface area (Å²) >= 11 is 0. The average molecular weight is 294 g/mol. The van der Waals surface area contributed by atoms with E-state index in [1.165, 1.54) is 0 Å². The predicted octanol–water partition coefficient (Wildman–Crippen LogP) is 1.80. The van der Waals surface area contributed by atoms with Crippen LogP contribution in [0.25, 0.3) is 5.78 Å². The van der Waals surface area contributed by atoms with Gasteiger partial charge in [0.05, 0.1) is 11.7 Å². The van der Waals surface area contributed by atoms with Crippen LogP contribution >= 0.6 is 0 Å². The predicted molar refractivity (Wildman–Crippen MR) is 82.3 cm³/mol. The summed E-state index contributed by atoms with van der Waals surface area (Å²) in [6, 6.07) is 2.09. The maximum Gasteiger partial charge on any atom is 0.234 e. The molecule has 2 rings (SSSR count). The Kier molecular flexibility index (Phi) is 4.88. The summed E-state index contributed by atoms with van der Waals surface area (Å²) in [5, 5.41) is 0. The molecule has 2 aromatic heterocycles. The van der Waals surface area contributed by atoms with Crippen molar-refractivity contribution in [2.24, 2.45) is 0 Å². The molecule has 110 valence electrons. The normalized spacial score (nSPS) is 14.8. The van der Waals surface area contributed by atoms with E-state index in [4.69, 9.17) is 0 Å². The second-order valence-electron chi connectivity index (χ2n) is 4.96. The quantitative estimate of drug-likeness (QED) is 0.815. The maximum absolute atomic E-state index is 11.5. The summed E-state index contributed by atoms with van der Waals surface area (Å²) in [5.74, 6) is 2.17. The third-order valence-electron chi connectivity index (χ3n) is 3.73. The number of hydrogen-bond acceptors (Lipinski definition) is 4. The molecule has 0 fully saturated rings. The Balaban J connectivity index is 2.16. The Bertz CT molecular complexity index is 610. The molecule has 0 amide bonds. The van der Waals surface area contributed by atoms with Gasteiger partial charge in [0.2, 0.25) is 5.78 Å². The van der Waals surface area contributed by atoms with Crippen LogP contribution in [-0.4, -0.2) is 48.6 Å². The zero-order valence-electron chi connectivity index (χ0n) is 12.5. The standard InChI is InChI=1S/C14H22N4OS/c1-5-20(19)10-9-17(4)11(2)13-12(3)18-8-6-7-15-14(18)16-13/h6-8,11H,5,9-10H2,1-4H3. The van der Waals surface area contributed by atoms with E-state index in [0.717, 1.165) is 29.5 Å². The fourth-order valence-corrected chi connectivity index (χ4v) is 2.99. The van der Waals surface area contributed by atoms with E-state index >= 15 is 0 Å². The first-order chi connectivity index (χ1) is 9.54. The van der Waals surface area contributed by atoms with E-state index in [0.29, 0.717) is 5.75 Å². The van der Waals surface area contributed by atoms with Gasteiger partial charge in [-0.05, 0) is 27.0 Å². The van der Waals surface area contributed by atoms with E-state index in [2.05, 4.69) is 35.8 Å². The van der Waals surface area contributed by atoms with E-state index in [1.54, 1.807) is 6.20 Å². The lowest BCUT2D eigenvalue weighted by atomic mass is 10.2. The van der Waals surface area contributed by atoms with Crippen LogP contribution in [0.2, 0.25) is 0 Å². The maximum atomic E-state index is 11.5. The van der Waals surface area contributed by atoms with Gasteiger partial charge >= 0.3 is 0 Å². The molecule has 0 aliphatic rings. The third kappa shape index (κ3) is 3.07. The Labute approximate surface area is 122 Å². The molecule has 0 aliphatic heterocycles. The van der Waals surface area contributed by atoms with Crippen molar-refractivity contribution >= 4 is 16.6 Å². The van der Waals surface area contributed by atoms with E-state index in [9.17, 15) is 4.21 Å². The molecule has 2 heterocycles. The molecule has 0 bridgehead atoms. The number of hydrogen-bond donors (Lipinski definition) is 0. The van der Waals surface area contributed by atoms with Gasteiger partial charge in [-0.25, -0.2) is 9.97 Å². The number of aromatic nitrogens is 3. The van der Waals surface area contributed by atoms with Crippen LogP contribution in [0, 0.1) is 6.92 Å². The Morgan fingerprint density at radius 2 is 2.25 bits per heavy atom. The summed E-state index contributed by atoms with van der Waals surface area (Å²) in [5.41, 5.74) is 2.15. The van der Waals surface area contributed by atoms with Gasteiger partial charge in [0, 0.05) is 46.9 Å². The van der Waals surface area contributed by atoms with Crippen LogP contribution in [0.15, 0.2) is 18.5 Å². The number of nitrogens with zero attached hydrogens (tertiary/aromatic N) is 4. The van der Waals surface area contributed by atoms with Gasteiger partial charge in [0.1, 0.15) is 0 Å². The molecule has 5 nitrogen and oxygen atoms in total. The highest BCUT2D eigenvalue weighted by Gasteiger charge is 2.19. The largest absolute Gasteiger partial charge is 0.297 e. The van der Waals surface area contributed by atoms with Crippen molar-refractivity contribution in [3.8, 4) is 0 Å². The first kappa shape index (κ1) is 15.1. The molecule has 2 unspecified atom stereocenters. The van der Waals surface area contributed by atoms with Gasteiger partial charge in [-0.15, -0.1) is 0 Å². The van der Waals surface area contributed by atoms with Crippen LogP contribution in [0.3, 0.4) is 0 Å². The molecule has 0 radical (unpaired) electrons. The molecule has 0 spiro atoms. The summed E-state index contributed by atoms with van der Waals surface area (Å²) in [6.45, 7) is 6.95. The first-order valence-electron chi connectivity index (χ1n) is 6.89. The van der Waals surface area contributed by atoms with Crippen molar-refractivity contribution in [2.75, 3.05) is 25.1 Å². The summed E-state index contributed by atoms with van der Waals surface area (Å²) in [7, 11) is 1.33. The van der Waals surface area contributed by atoms with Crippen LogP contribution in [0.4, 0.5) is 0 Å². The highest BCUT2D eigenvalue weighted by molar-refractivity contribution is 7.84. The van der Waals surface area contributed by atoms with E-state index < -0.39 is 10.8 Å². The molecule has 6 heteroatoms. The Hall–Kier alpha value is -1.27. The van der Waals surface area contributed by atoms with Gasteiger partial charge in [0.15, 0.2) is 0 Å². The number of aryl methyl sites for hydroxylation is 1. The van der Waals surface area contributed by atoms with Crippen molar-refractivity contribution in [3.63, 3.8) is 0 Å². The Morgan fingerprint density at radius 1 is 1.50 bits per heavy atom. The highest BCUT2D eigenvalue weighted by Crippen LogP contribution is 2.21. The molecule has 2 atom stereocenters.